The Morgan fingerprint density at radius 2 is 1.94 bits per heavy atom. The maximum atomic E-state index is 12.9. The summed E-state index contributed by atoms with van der Waals surface area (Å²) in [4.78, 5) is 11.7. The van der Waals surface area contributed by atoms with Crippen LogP contribution in [0.3, 0.4) is 0 Å². The third-order valence-corrected chi connectivity index (χ3v) is 2.66. The Morgan fingerprint density at radius 3 is 2.41 bits per heavy atom. The largest absolute Gasteiger partial charge is 0.391 e. The van der Waals surface area contributed by atoms with Gasteiger partial charge in [0.2, 0.25) is 0 Å². The summed E-state index contributed by atoms with van der Waals surface area (Å²) < 4.78 is 25.6. The third-order valence-electron chi connectivity index (χ3n) is 2.66. The molecule has 0 saturated carbocycles. The number of benzene rings is 1. The van der Waals surface area contributed by atoms with Crippen molar-refractivity contribution in [3.8, 4) is 0 Å². The summed E-state index contributed by atoms with van der Waals surface area (Å²) >= 11 is 0. The monoisotopic (exact) mass is 243 g/mol. The molecule has 0 heterocycles. The molecule has 2 N–H and O–H groups in total. The highest BCUT2D eigenvalue weighted by Gasteiger charge is 2.26. The second-order valence-corrected chi connectivity index (χ2v) is 4.48. The normalized spacial score (nSPS) is 13.3. The Kier molecular flexibility index (Phi) is 3.83. The number of aliphatic hydroxyl groups is 1. The molecule has 0 aromatic heterocycles. The smallest absolute Gasteiger partial charge is 0.251 e. The van der Waals surface area contributed by atoms with Gasteiger partial charge in [0.1, 0.15) is 0 Å². The number of nitrogens with one attached hydrogen (secondary N) is 1. The van der Waals surface area contributed by atoms with Crippen molar-refractivity contribution in [2.75, 3.05) is 0 Å². The van der Waals surface area contributed by atoms with E-state index in [9.17, 15) is 18.7 Å². The first-order valence-corrected chi connectivity index (χ1v) is 5.19. The Hall–Kier alpha value is -1.49. The molecule has 94 valence electrons. The molecule has 1 amide bonds. The van der Waals surface area contributed by atoms with Gasteiger partial charge in [-0.1, -0.05) is 0 Å². The zero-order valence-electron chi connectivity index (χ0n) is 9.92. The van der Waals surface area contributed by atoms with Crippen molar-refractivity contribution in [3.63, 3.8) is 0 Å². The van der Waals surface area contributed by atoms with Crippen molar-refractivity contribution in [1.29, 1.82) is 0 Å². The summed E-state index contributed by atoms with van der Waals surface area (Å²) in [5.41, 5.74) is -0.834. The molecule has 0 aliphatic heterocycles. The van der Waals surface area contributed by atoms with Crippen LogP contribution in [0.25, 0.3) is 0 Å². The lowest BCUT2D eigenvalue weighted by molar-refractivity contribution is 0.0709. The Bertz CT molecular complexity index is 431. The molecule has 0 saturated heterocycles. The van der Waals surface area contributed by atoms with Crippen molar-refractivity contribution >= 4 is 5.91 Å². The zero-order valence-corrected chi connectivity index (χ0v) is 9.92. The van der Waals surface area contributed by atoms with Crippen molar-refractivity contribution in [2.24, 2.45) is 0 Å². The van der Waals surface area contributed by atoms with Crippen LogP contribution in [-0.2, 0) is 0 Å². The molecule has 0 aliphatic carbocycles. The van der Waals surface area contributed by atoms with Crippen LogP contribution in [0.15, 0.2) is 18.2 Å². The van der Waals surface area contributed by atoms with Crippen LogP contribution >= 0.6 is 0 Å². The number of halogens is 2. The van der Waals surface area contributed by atoms with Crippen molar-refractivity contribution in [1.82, 2.24) is 5.32 Å². The highest BCUT2D eigenvalue weighted by Crippen LogP contribution is 2.12. The van der Waals surface area contributed by atoms with Gasteiger partial charge in [-0.05, 0) is 39.0 Å². The lowest BCUT2D eigenvalue weighted by Crippen LogP contribution is -2.51. The number of carbonyl (C=O) groups is 1. The Morgan fingerprint density at radius 1 is 1.35 bits per heavy atom. The first kappa shape index (κ1) is 13.6. The molecule has 5 heteroatoms. The predicted molar refractivity (Wildman–Crippen MR) is 59.6 cm³/mol. The van der Waals surface area contributed by atoms with Crippen LogP contribution < -0.4 is 5.32 Å². The fourth-order valence-electron chi connectivity index (χ4n) is 1.11. The first-order valence-electron chi connectivity index (χ1n) is 5.19. The van der Waals surface area contributed by atoms with Gasteiger partial charge >= 0.3 is 0 Å². The molecule has 17 heavy (non-hydrogen) atoms. The van der Waals surface area contributed by atoms with Gasteiger partial charge < -0.3 is 10.4 Å². The highest BCUT2D eigenvalue weighted by atomic mass is 19.2. The SMILES string of the molecule is CC(O)C(C)(C)NC(=O)c1ccc(F)c(F)c1. The fourth-order valence-corrected chi connectivity index (χ4v) is 1.11. The summed E-state index contributed by atoms with van der Waals surface area (Å²) in [7, 11) is 0. The molecular formula is C12H15F2NO2. The van der Waals surface area contributed by atoms with E-state index >= 15 is 0 Å². The van der Waals surface area contributed by atoms with E-state index in [-0.39, 0.29) is 5.56 Å². The van der Waals surface area contributed by atoms with E-state index in [0.717, 1.165) is 12.1 Å². The summed E-state index contributed by atoms with van der Waals surface area (Å²) in [6.07, 6.45) is -0.767. The third kappa shape index (κ3) is 3.23. The Balaban J connectivity index is 2.87. The summed E-state index contributed by atoms with van der Waals surface area (Å²) in [5, 5.41) is 12.0. The second-order valence-electron chi connectivity index (χ2n) is 4.48. The van der Waals surface area contributed by atoms with Crippen LogP contribution in [0.1, 0.15) is 31.1 Å². The van der Waals surface area contributed by atoms with E-state index in [0.29, 0.717) is 0 Å². The molecule has 0 aliphatic rings. The molecule has 0 radical (unpaired) electrons. The number of hydrogen-bond donors (Lipinski definition) is 2. The minimum atomic E-state index is -1.08. The topological polar surface area (TPSA) is 49.3 Å². The van der Waals surface area contributed by atoms with Gasteiger partial charge in [0.25, 0.3) is 5.91 Å². The quantitative estimate of drug-likeness (QED) is 0.851. The molecule has 1 aromatic rings. The van der Waals surface area contributed by atoms with Gasteiger partial charge in [0.15, 0.2) is 11.6 Å². The Labute approximate surface area is 98.5 Å². The minimum absolute atomic E-state index is 0.0117. The summed E-state index contributed by atoms with van der Waals surface area (Å²) in [6, 6.07) is 2.90. The van der Waals surface area contributed by atoms with Gasteiger partial charge in [-0.25, -0.2) is 8.78 Å². The lowest BCUT2D eigenvalue weighted by Gasteiger charge is -2.29. The maximum Gasteiger partial charge on any atom is 0.251 e. The fraction of sp³-hybridized carbons (Fsp3) is 0.417. The van der Waals surface area contributed by atoms with Crippen LogP contribution in [0.4, 0.5) is 8.78 Å². The van der Waals surface area contributed by atoms with E-state index in [1.54, 1.807) is 13.8 Å². The van der Waals surface area contributed by atoms with E-state index in [1.807, 2.05) is 0 Å². The number of amides is 1. The zero-order chi connectivity index (χ0) is 13.2. The molecule has 3 nitrogen and oxygen atoms in total. The highest BCUT2D eigenvalue weighted by molar-refractivity contribution is 5.94. The van der Waals surface area contributed by atoms with Crippen LogP contribution in [0.5, 0.6) is 0 Å². The van der Waals surface area contributed by atoms with Crippen LogP contribution in [-0.4, -0.2) is 22.7 Å². The number of carbonyl (C=O) groups excluding carboxylic acids is 1. The molecule has 0 fully saturated rings. The molecule has 1 aromatic carbocycles. The first-order chi connectivity index (χ1) is 7.74. The van der Waals surface area contributed by atoms with E-state index < -0.39 is 29.2 Å². The minimum Gasteiger partial charge on any atom is -0.391 e. The van der Waals surface area contributed by atoms with Gasteiger partial charge in [-0.3, -0.25) is 4.79 Å². The maximum absolute atomic E-state index is 12.9. The van der Waals surface area contributed by atoms with Crippen LogP contribution in [0, 0.1) is 11.6 Å². The number of aliphatic hydroxyl groups excluding tert-OH is 1. The molecule has 1 unspecified atom stereocenters. The molecule has 1 atom stereocenters. The molecular weight excluding hydrogens is 228 g/mol. The standard InChI is InChI=1S/C12H15F2NO2/c1-7(16)12(2,3)15-11(17)8-4-5-9(13)10(14)6-8/h4-7,16H,1-3H3,(H,15,17). The second kappa shape index (κ2) is 4.79. The average Bonchev–Trinajstić information content (AvgIpc) is 2.21. The summed E-state index contributed by atoms with van der Waals surface area (Å²) in [5.74, 6) is -2.64. The molecule has 0 spiro atoms. The van der Waals surface area contributed by atoms with Gasteiger partial charge in [0, 0.05) is 5.56 Å². The van der Waals surface area contributed by atoms with Gasteiger partial charge in [0.05, 0.1) is 11.6 Å². The van der Waals surface area contributed by atoms with Crippen molar-refractivity contribution in [3.05, 3.63) is 35.4 Å². The van der Waals surface area contributed by atoms with E-state index in [1.165, 1.54) is 13.0 Å². The van der Waals surface area contributed by atoms with Crippen molar-refractivity contribution < 1.29 is 18.7 Å². The van der Waals surface area contributed by atoms with Crippen LogP contribution in [0.2, 0.25) is 0 Å². The van der Waals surface area contributed by atoms with Crippen molar-refractivity contribution in [2.45, 2.75) is 32.4 Å². The molecule has 0 bridgehead atoms. The predicted octanol–water partition coefficient (Wildman–Crippen LogP) is 1.85. The van der Waals surface area contributed by atoms with E-state index in [2.05, 4.69) is 5.32 Å². The number of rotatable bonds is 3. The van der Waals surface area contributed by atoms with E-state index in [4.69, 9.17) is 0 Å². The average molecular weight is 243 g/mol. The van der Waals surface area contributed by atoms with Gasteiger partial charge in [-0.15, -0.1) is 0 Å². The summed E-state index contributed by atoms with van der Waals surface area (Å²) in [6.45, 7) is 4.80. The molecule has 1 rings (SSSR count). The van der Waals surface area contributed by atoms with Gasteiger partial charge in [-0.2, -0.15) is 0 Å². The number of hydrogen-bond acceptors (Lipinski definition) is 2. The lowest BCUT2D eigenvalue weighted by atomic mass is 9.98.